The Morgan fingerprint density at radius 3 is 2.31 bits per heavy atom. The van der Waals surface area contributed by atoms with Gasteiger partial charge in [0.25, 0.3) is 0 Å². The van der Waals surface area contributed by atoms with E-state index in [-0.39, 0.29) is 24.0 Å². The van der Waals surface area contributed by atoms with Gasteiger partial charge in [0, 0.05) is 31.9 Å². The molecular formula is C21H26IN5O2. The predicted octanol–water partition coefficient (Wildman–Crippen LogP) is 3.37. The van der Waals surface area contributed by atoms with E-state index in [0.717, 1.165) is 16.8 Å². The molecule has 1 aromatic heterocycles. The molecule has 8 heteroatoms. The number of aromatic nitrogens is 2. The van der Waals surface area contributed by atoms with Crippen molar-refractivity contribution < 1.29 is 9.47 Å². The third-order valence-corrected chi connectivity index (χ3v) is 4.25. The van der Waals surface area contributed by atoms with E-state index in [9.17, 15) is 0 Å². The lowest BCUT2D eigenvalue weighted by Gasteiger charge is -2.13. The molecule has 3 aromatic rings. The Morgan fingerprint density at radius 2 is 1.66 bits per heavy atom. The average molecular weight is 507 g/mol. The summed E-state index contributed by atoms with van der Waals surface area (Å²) in [5, 5.41) is 11.0. The fraction of sp³-hybridized carbons (Fsp3) is 0.238. The monoisotopic (exact) mass is 507 g/mol. The van der Waals surface area contributed by atoms with Gasteiger partial charge in [-0.15, -0.1) is 24.0 Å². The minimum atomic E-state index is 0. The Kier molecular flexibility index (Phi) is 8.78. The van der Waals surface area contributed by atoms with Crippen molar-refractivity contribution in [3.63, 3.8) is 0 Å². The molecule has 154 valence electrons. The van der Waals surface area contributed by atoms with Gasteiger partial charge in [-0.1, -0.05) is 24.3 Å². The van der Waals surface area contributed by atoms with Gasteiger partial charge >= 0.3 is 0 Å². The highest BCUT2D eigenvalue weighted by atomic mass is 127. The minimum absolute atomic E-state index is 0. The molecule has 2 N–H and O–H groups in total. The van der Waals surface area contributed by atoms with Crippen LogP contribution in [-0.4, -0.2) is 37.0 Å². The van der Waals surface area contributed by atoms with Crippen LogP contribution in [0.3, 0.4) is 0 Å². The van der Waals surface area contributed by atoms with Gasteiger partial charge < -0.3 is 20.1 Å². The van der Waals surface area contributed by atoms with Crippen molar-refractivity contribution in [2.24, 2.45) is 4.99 Å². The number of hydrogen-bond donors (Lipinski definition) is 2. The van der Waals surface area contributed by atoms with Crippen LogP contribution in [0.1, 0.15) is 11.1 Å². The molecule has 3 rings (SSSR count). The summed E-state index contributed by atoms with van der Waals surface area (Å²) in [6.45, 7) is 1.24. The molecule has 0 aliphatic carbocycles. The van der Waals surface area contributed by atoms with E-state index in [1.165, 1.54) is 0 Å². The van der Waals surface area contributed by atoms with Gasteiger partial charge in [-0.3, -0.25) is 4.99 Å². The first kappa shape index (κ1) is 22.5. The van der Waals surface area contributed by atoms with Gasteiger partial charge in [-0.2, -0.15) is 5.10 Å². The largest absolute Gasteiger partial charge is 0.493 e. The number of nitrogens with one attached hydrogen (secondary N) is 2. The Bertz CT molecular complexity index is 928. The summed E-state index contributed by atoms with van der Waals surface area (Å²) in [4.78, 5) is 4.27. The molecule has 0 aliphatic heterocycles. The van der Waals surface area contributed by atoms with Crippen LogP contribution in [0.2, 0.25) is 0 Å². The first-order chi connectivity index (χ1) is 13.7. The molecule has 0 bridgehead atoms. The molecule has 1 heterocycles. The topological polar surface area (TPSA) is 72.7 Å². The number of para-hydroxylation sites is 1. The third-order valence-electron chi connectivity index (χ3n) is 4.25. The lowest BCUT2D eigenvalue weighted by atomic mass is 10.2. The highest BCUT2D eigenvalue weighted by Gasteiger charge is 2.06. The molecule has 0 saturated carbocycles. The average Bonchev–Trinajstić information content (AvgIpc) is 3.23. The second-order valence-electron chi connectivity index (χ2n) is 6.10. The zero-order valence-corrected chi connectivity index (χ0v) is 19.1. The first-order valence-electron chi connectivity index (χ1n) is 8.98. The van der Waals surface area contributed by atoms with Crippen molar-refractivity contribution in [3.8, 4) is 17.2 Å². The fourth-order valence-corrected chi connectivity index (χ4v) is 2.76. The number of nitrogens with zero attached hydrogens (tertiary/aromatic N) is 3. The summed E-state index contributed by atoms with van der Waals surface area (Å²) in [7, 11) is 5.00. The Balaban J connectivity index is 0.00000300. The number of ether oxygens (including phenoxy) is 2. The quantitative estimate of drug-likeness (QED) is 0.292. The van der Waals surface area contributed by atoms with Crippen LogP contribution in [0.25, 0.3) is 5.69 Å². The second kappa shape index (κ2) is 11.3. The van der Waals surface area contributed by atoms with Crippen LogP contribution in [0.4, 0.5) is 0 Å². The smallest absolute Gasteiger partial charge is 0.191 e. The number of halogens is 1. The molecule has 0 amide bonds. The Labute approximate surface area is 188 Å². The van der Waals surface area contributed by atoms with Crippen LogP contribution in [-0.2, 0) is 13.1 Å². The van der Waals surface area contributed by atoms with Crippen molar-refractivity contribution >= 4 is 29.9 Å². The van der Waals surface area contributed by atoms with Crippen molar-refractivity contribution in [1.82, 2.24) is 20.4 Å². The van der Waals surface area contributed by atoms with Gasteiger partial charge in [-0.05, 0) is 29.8 Å². The number of methoxy groups -OCH3 is 2. The third kappa shape index (κ3) is 6.11. The number of rotatable bonds is 7. The number of benzene rings is 2. The van der Waals surface area contributed by atoms with E-state index in [1.807, 2.05) is 65.6 Å². The van der Waals surface area contributed by atoms with Crippen LogP contribution < -0.4 is 20.1 Å². The summed E-state index contributed by atoms with van der Waals surface area (Å²) in [6, 6.07) is 15.9. The van der Waals surface area contributed by atoms with E-state index in [0.29, 0.717) is 30.5 Å². The zero-order valence-electron chi connectivity index (χ0n) is 16.8. The van der Waals surface area contributed by atoms with Gasteiger partial charge in [0.15, 0.2) is 17.5 Å². The van der Waals surface area contributed by atoms with Crippen LogP contribution in [0.5, 0.6) is 11.5 Å². The van der Waals surface area contributed by atoms with Crippen molar-refractivity contribution in [2.45, 2.75) is 13.1 Å². The fourth-order valence-electron chi connectivity index (χ4n) is 2.76. The number of guanidine groups is 1. The maximum absolute atomic E-state index is 5.35. The van der Waals surface area contributed by atoms with Gasteiger partial charge in [-0.25, -0.2) is 4.68 Å². The lowest BCUT2D eigenvalue weighted by Crippen LogP contribution is -2.36. The van der Waals surface area contributed by atoms with E-state index >= 15 is 0 Å². The normalized spacial score (nSPS) is 10.8. The molecule has 0 saturated heterocycles. The van der Waals surface area contributed by atoms with Crippen molar-refractivity contribution in [3.05, 3.63) is 72.1 Å². The highest BCUT2D eigenvalue weighted by molar-refractivity contribution is 14.0. The van der Waals surface area contributed by atoms with Crippen molar-refractivity contribution in [1.29, 1.82) is 0 Å². The number of aliphatic imine (C=N–C) groups is 1. The molecular weight excluding hydrogens is 481 g/mol. The molecule has 0 atom stereocenters. The summed E-state index contributed by atoms with van der Waals surface area (Å²) >= 11 is 0. The first-order valence-corrected chi connectivity index (χ1v) is 8.98. The molecule has 0 spiro atoms. The van der Waals surface area contributed by atoms with E-state index < -0.39 is 0 Å². The number of hydrogen-bond acceptors (Lipinski definition) is 4. The summed E-state index contributed by atoms with van der Waals surface area (Å²) in [5.41, 5.74) is 3.17. The van der Waals surface area contributed by atoms with Gasteiger partial charge in [0.2, 0.25) is 0 Å². The highest BCUT2D eigenvalue weighted by Crippen LogP contribution is 2.27. The molecule has 0 radical (unpaired) electrons. The van der Waals surface area contributed by atoms with Gasteiger partial charge in [0.1, 0.15) is 0 Å². The minimum Gasteiger partial charge on any atom is -0.493 e. The van der Waals surface area contributed by atoms with E-state index in [1.54, 1.807) is 21.3 Å². The Morgan fingerprint density at radius 1 is 0.966 bits per heavy atom. The van der Waals surface area contributed by atoms with Crippen LogP contribution in [0.15, 0.2) is 65.9 Å². The predicted molar refractivity (Wildman–Crippen MR) is 126 cm³/mol. The maximum Gasteiger partial charge on any atom is 0.191 e. The van der Waals surface area contributed by atoms with E-state index in [4.69, 9.17) is 9.47 Å². The maximum atomic E-state index is 5.35. The SMILES string of the molecule is CN=C(NCc1ccc(OC)c(OC)c1)NCc1cnn(-c2ccccc2)c1.I. The molecule has 0 fully saturated rings. The van der Waals surface area contributed by atoms with Crippen LogP contribution in [0, 0.1) is 0 Å². The molecule has 2 aromatic carbocycles. The standard InChI is InChI=1S/C21H25N5O2.HI/c1-22-21(23-12-16-9-10-19(27-2)20(11-16)28-3)24-13-17-14-25-26(15-17)18-7-5-4-6-8-18;/h4-11,14-15H,12-13H2,1-3H3,(H2,22,23,24);1H. The van der Waals surface area contributed by atoms with E-state index in [2.05, 4.69) is 20.7 Å². The molecule has 0 aliphatic rings. The Hall–Kier alpha value is -2.75. The summed E-state index contributed by atoms with van der Waals surface area (Å²) < 4.78 is 12.5. The summed E-state index contributed by atoms with van der Waals surface area (Å²) in [6.07, 6.45) is 3.85. The molecule has 0 unspecified atom stereocenters. The molecule has 7 nitrogen and oxygen atoms in total. The van der Waals surface area contributed by atoms with Crippen molar-refractivity contribution in [2.75, 3.05) is 21.3 Å². The lowest BCUT2D eigenvalue weighted by molar-refractivity contribution is 0.354. The second-order valence-corrected chi connectivity index (χ2v) is 6.10. The van der Waals surface area contributed by atoms with Crippen LogP contribution >= 0.6 is 24.0 Å². The van der Waals surface area contributed by atoms with Gasteiger partial charge in [0.05, 0.1) is 26.1 Å². The summed E-state index contributed by atoms with van der Waals surface area (Å²) in [5.74, 6) is 2.13. The molecule has 29 heavy (non-hydrogen) atoms. The zero-order chi connectivity index (χ0) is 19.8.